The summed E-state index contributed by atoms with van der Waals surface area (Å²) >= 11 is 0. The van der Waals surface area contributed by atoms with E-state index >= 15 is 0 Å². The number of para-hydroxylation sites is 2. The maximum absolute atomic E-state index is 6.14. The van der Waals surface area contributed by atoms with Gasteiger partial charge in [0.05, 0.1) is 12.7 Å². The number of nitrogens with zero attached hydrogens (tertiary/aromatic N) is 3. The SMILES string of the molecule is CC(C)OCc1cccnc1N1CCN(Cc2ccccc2Oc2ccccc2)CC1. The molecule has 0 aliphatic carbocycles. The largest absolute Gasteiger partial charge is 0.457 e. The van der Waals surface area contributed by atoms with Gasteiger partial charge < -0.3 is 14.4 Å². The van der Waals surface area contributed by atoms with E-state index in [9.17, 15) is 0 Å². The van der Waals surface area contributed by atoms with Crippen molar-refractivity contribution >= 4 is 5.82 Å². The van der Waals surface area contributed by atoms with E-state index in [1.807, 2.05) is 54.7 Å². The number of pyridine rings is 1. The Kier molecular flexibility index (Phi) is 7.18. The third-order valence-corrected chi connectivity index (χ3v) is 5.45. The van der Waals surface area contributed by atoms with E-state index in [0.29, 0.717) is 6.61 Å². The Morgan fingerprint density at radius 1 is 0.839 bits per heavy atom. The van der Waals surface area contributed by atoms with E-state index in [0.717, 1.165) is 55.6 Å². The van der Waals surface area contributed by atoms with Crippen LogP contribution in [-0.4, -0.2) is 42.2 Å². The molecule has 4 rings (SSSR count). The first-order valence-corrected chi connectivity index (χ1v) is 11.0. The average molecular weight is 418 g/mol. The van der Waals surface area contributed by atoms with Gasteiger partial charge in [-0.25, -0.2) is 4.98 Å². The second-order valence-corrected chi connectivity index (χ2v) is 8.13. The smallest absolute Gasteiger partial charge is 0.134 e. The predicted octanol–water partition coefficient (Wildman–Crippen LogP) is 5.12. The summed E-state index contributed by atoms with van der Waals surface area (Å²) in [5, 5.41) is 0. The van der Waals surface area contributed by atoms with Crippen molar-refractivity contribution in [2.24, 2.45) is 0 Å². The molecule has 5 nitrogen and oxygen atoms in total. The summed E-state index contributed by atoms with van der Waals surface area (Å²) in [6.45, 7) is 9.48. The van der Waals surface area contributed by atoms with Gasteiger partial charge in [-0.15, -0.1) is 0 Å². The normalized spacial score (nSPS) is 14.7. The first-order valence-electron chi connectivity index (χ1n) is 11.0. The van der Waals surface area contributed by atoms with Crippen LogP contribution in [-0.2, 0) is 17.9 Å². The molecule has 1 saturated heterocycles. The topological polar surface area (TPSA) is 37.8 Å². The van der Waals surface area contributed by atoms with Gasteiger partial charge in [0.15, 0.2) is 0 Å². The van der Waals surface area contributed by atoms with Crippen LogP contribution in [0.25, 0.3) is 0 Å². The Morgan fingerprint density at radius 3 is 2.32 bits per heavy atom. The van der Waals surface area contributed by atoms with Crippen LogP contribution in [0, 0.1) is 0 Å². The Bertz CT molecular complexity index is 954. The number of hydrogen-bond donors (Lipinski definition) is 0. The molecule has 0 N–H and O–H groups in total. The molecule has 162 valence electrons. The van der Waals surface area contributed by atoms with Crippen molar-refractivity contribution in [2.75, 3.05) is 31.1 Å². The van der Waals surface area contributed by atoms with E-state index in [4.69, 9.17) is 9.47 Å². The van der Waals surface area contributed by atoms with Gasteiger partial charge in [-0.1, -0.05) is 42.5 Å². The van der Waals surface area contributed by atoms with Gasteiger partial charge in [-0.05, 0) is 38.1 Å². The number of aromatic nitrogens is 1. The van der Waals surface area contributed by atoms with Gasteiger partial charge in [0.1, 0.15) is 17.3 Å². The average Bonchev–Trinajstić information content (AvgIpc) is 2.80. The van der Waals surface area contributed by atoms with E-state index < -0.39 is 0 Å². The molecule has 0 spiro atoms. The van der Waals surface area contributed by atoms with Gasteiger partial charge in [0, 0.05) is 50.0 Å². The highest BCUT2D eigenvalue weighted by molar-refractivity contribution is 5.47. The van der Waals surface area contributed by atoms with Gasteiger partial charge in [-0.2, -0.15) is 0 Å². The number of ether oxygens (including phenoxy) is 2. The van der Waals surface area contributed by atoms with Crippen LogP contribution in [0.1, 0.15) is 25.0 Å². The van der Waals surface area contributed by atoms with Gasteiger partial charge in [0.2, 0.25) is 0 Å². The van der Waals surface area contributed by atoms with Gasteiger partial charge >= 0.3 is 0 Å². The molecule has 1 aliphatic heterocycles. The van der Waals surface area contributed by atoms with Crippen LogP contribution < -0.4 is 9.64 Å². The lowest BCUT2D eigenvalue weighted by Gasteiger charge is -2.36. The summed E-state index contributed by atoms with van der Waals surface area (Å²) in [5.74, 6) is 2.84. The molecule has 3 aromatic rings. The Labute approximate surface area is 185 Å². The van der Waals surface area contributed by atoms with Crippen LogP contribution in [0.3, 0.4) is 0 Å². The number of piperazine rings is 1. The quantitative estimate of drug-likeness (QED) is 0.508. The number of rotatable bonds is 8. The number of anilines is 1. The highest BCUT2D eigenvalue weighted by Gasteiger charge is 2.21. The van der Waals surface area contributed by atoms with Crippen LogP contribution in [0.15, 0.2) is 72.9 Å². The molecule has 0 radical (unpaired) electrons. The molecule has 2 aromatic carbocycles. The van der Waals surface area contributed by atoms with Crippen molar-refractivity contribution in [2.45, 2.75) is 33.1 Å². The molecule has 0 atom stereocenters. The third kappa shape index (κ3) is 5.84. The second kappa shape index (κ2) is 10.4. The molecule has 1 aliphatic rings. The van der Waals surface area contributed by atoms with E-state index in [-0.39, 0.29) is 6.10 Å². The van der Waals surface area contributed by atoms with E-state index in [1.54, 1.807) is 0 Å². The van der Waals surface area contributed by atoms with Crippen molar-refractivity contribution in [3.63, 3.8) is 0 Å². The number of hydrogen-bond acceptors (Lipinski definition) is 5. The summed E-state index contributed by atoms with van der Waals surface area (Å²) in [6, 6.07) is 22.4. The monoisotopic (exact) mass is 417 g/mol. The highest BCUT2D eigenvalue weighted by atomic mass is 16.5. The first kappa shape index (κ1) is 21.3. The predicted molar refractivity (Wildman–Crippen MR) is 125 cm³/mol. The standard InChI is InChI=1S/C26H31N3O2/c1-21(2)30-20-23-10-8-14-27-26(23)29-17-15-28(16-18-29)19-22-9-6-7-13-25(22)31-24-11-4-3-5-12-24/h3-14,21H,15-20H2,1-2H3. The maximum atomic E-state index is 6.14. The molecule has 2 heterocycles. The third-order valence-electron chi connectivity index (χ3n) is 5.45. The molecule has 1 fully saturated rings. The van der Waals surface area contributed by atoms with Gasteiger partial charge in [-0.3, -0.25) is 4.90 Å². The fraction of sp³-hybridized carbons (Fsp3) is 0.346. The molecule has 0 amide bonds. The first-order chi connectivity index (χ1) is 15.2. The molecule has 0 unspecified atom stereocenters. The van der Waals surface area contributed by atoms with Crippen LogP contribution in [0.4, 0.5) is 5.82 Å². The van der Waals surface area contributed by atoms with Crippen LogP contribution in [0.5, 0.6) is 11.5 Å². The summed E-state index contributed by atoms with van der Waals surface area (Å²) in [5.41, 5.74) is 2.37. The molecule has 31 heavy (non-hydrogen) atoms. The zero-order valence-electron chi connectivity index (χ0n) is 18.4. The van der Waals surface area contributed by atoms with Crippen molar-refractivity contribution in [3.8, 4) is 11.5 Å². The van der Waals surface area contributed by atoms with Crippen LogP contribution >= 0.6 is 0 Å². The minimum Gasteiger partial charge on any atom is -0.457 e. The zero-order chi connectivity index (χ0) is 21.5. The fourth-order valence-electron chi connectivity index (χ4n) is 3.79. The Balaban J connectivity index is 1.38. The lowest BCUT2D eigenvalue weighted by Crippen LogP contribution is -2.46. The minimum atomic E-state index is 0.211. The summed E-state index contributed by atoms with van der Waals surface area (Å²) < 4.78 is 12.0. The van der Waals surface area contributed by atoms with E-state index in [2.05, 4.69) is 46.8 Å². The van der Waals surface area contributed by atoms with Gasteiger partial charge in [0.25, 0.3) is 0 Å². The van der Waals surface area contributed by atoms with Crippen molar-refractivity contribution in [3.05, 3.63) is 84.1 Å². The van der Waals surface area contributed by atoms with Crippen molar-refractivity contribution in [1.29, 1.82) is 0 Å². The summed E-state index contributed by atoms with van der Waals surface area (Å²) in [7, 11) is 0. The lowest BCUT2D eigenvalue weighted by atomic mass is 10.1. The molecule has 0 saturated carbocycles. The summed E-state index contributed by atoms with van der Waals surface area (Å²) in [6.07, 6.45) is 2.08. The molecule has 0 bridgehead atoms. The van der Waals surface area contributed by atoms with E-state index in [1.165, 1.54) is 5.56 Å². The minimum absolute atomic E-state index is 0.211. The Morgan fingerprint density at radius 2 is 1.55 bits per heavy atom. The van der Waals surface area contributed by atoms with Crippen molar-refractivity contribution < 1.29 is 9.47 Å². The second-order valence-electron chi connectivity index (χ2n) is 8.13. The van der Waals surface area contributed by atoms with Crippen molar-refractivity contribution in [1.82, 2.24) is 9.88 Å². The summed E-state index contributed by atoms with van der Waals surface area (Å²) in [4.78, 5) is 9.52. The molecule has 1 aromatic heterocycles. The fourth-order valence-corrected chi connectivity index (χ4v) is 3.79. The number of benzene rings is 2. The Hall–Kier alpha value is -2.89. The molecular formula is C26H31N3O2. The zero-order valence-corrected chi connectivity index (χ0v) is 18.4. The lowest BCUT2D eigenvalue weighted by molar-refractivity contribution is 0.0657. The highest BCUT2D eigenvalue weighted by Crippen LogP contribution is 2.27. The van der Waals surface area contributed by atoms with Crippen LogP contribution in [0.2, 0.25) is 0 Å². The molecule has 5 heteroatoms. The molecular weight excluding hydrogens is 386 g/mol. The maximum Gasteiger partial charge on any atom is 0.134 e.